The molecule has 3 heteroatoms. The van der Waals surface area contributed by atoms with E-state index in [4.69, 9.17) is 9.47 Å². The van der Waals surface area contributed by atoms with E-state index < -0.39 is 6.10 Å². The summed E-state index contributed by atoms with van der Waals surface area (Å²) in [4.78, 5) is 0. The Hall–Kier alpha value is -0.900. The number of aliphatic hydroxyl groups is 1. The van der Waals surface area contributed by atoms with Crippen molar-refractivity contribution in [2.24, 2.45) is 0 Å². The van der Waals surface area contributed by atoms with E-state index in [1.807, 2.05) is 37.3 Å². The molecule has 1 aliphatic heterocycles. The minimum atomic E-state index is -0.563. The standard InChI is InChI=1S/C12H16O3/c1-9(15-11-7-14-8-11)12(13)10-5-3-2-4-6-10/h2-6,9,11-13H,7-8H2,1H3. The van der Waals surface area contributed by atoms with Gasteiger partial charge in [0.2, 0.25) is 0 Å². The predicted molar refractivity (Wildman–Crippen MR) is 56.6 cm³/mol. The van der Waals surface area contributed by atoms with Crippen molar-refractivity contribution >= 4 is 0 Å². The molecule has 15 heavy (non-hydrogen) atoms. The summed E-state index contributed by atoms with van der Waals surface area (Å²) in [5.74, 6) is 0. The van der Waals surface area contributed by atoms with Crippen LogP contribution in [-0.4, -0.2) is 30.5 Å². The molecule has 82 valence electrons. The first kappa shape index (κ1) is 10.6. The first-order valence-corrected chi connectivity index (χ1v) is 5.23. The second-order valence-corrected chi connectivity index (χ2v) is 3.86. The highest BCUT2D eigenvalue weighted by Gasteiger charge is 2.25. The number of benzene rings is 1. The molecule has 0 amide bonds. The van der Waals surface area contributed by atoms with E-state index in [0.717, 1.165) is 5.56 Å². The average molecular weight is 208 g/mol. The zero-order chi connectivity index (χ0) is 10.7. The molecule has 1 aliphatic rings. The van der Waals surface area contributed by atoms with Gasteiger partial charge in [-0.1, -0.05) is 30.3 Å². The van der Waals surface area contributed by atoms with E-state index in [9.17, 15) is 5.11 Å². The van der Waals surface area contributed by atoms with Gasteiger partial charge in [0.15, 0.2) is 0 Å². The largest absolute Gasteiger partial charge is 0.386 e. The molecule has 1 aromatic rings. The fraction of sp³-hybridized carbons (Fsp3) is 0.500. The first-order chi connectivity index (χ1) is 7.27. The summed E-state index contributed by atoms with van der Waals surface area (Å²) < 4.78 is 10.6. The summed E-state index contributed by atoms with van der Waals surface area (Å²) in [7, 11) is 0. The highest BCUT2D eigenvalue weighted by atomic mass is 16.6. The van der Waals surface area contributed by atoms with E-state index >= 15 is 0 Å². The molecule has 3 nitrogen and oxygen atoms in total. The van der Waals surface area contributed by atoms with Crippen LogP contribution >= 0.6 is 0 Å². The van der Waals surface area contributed by atoms with Crippen LogP contribution in [0.2, 0.25) is 0 Å². The molecule has 0 aromatic heterocycles. The van der Waals surface area contributed by atoms with Gasteiger partial charge in [-0.15, -0.1) is 0 Å². The average Bonchev–Trinajstić information content (AvgIpc) is 2.23. The Balaban J connectivity index is 1.91. The topological polar surface area (TPSA) is 38.7 Å². The summed E-state index contributed by atoms with van der Waals surface area (Å²) in [6.07, 6.45) is -0.605. The molecule has 2 unspecified atom stereocenters. The van der Waals surface area contributed by atoms with Gasteiger partial charge in [-0.2, -0.15) is 0 Å². The van der Waals surface area contributed by atoms with Gasteiger partial charge in [-0.25, -0.2) is 0 Å². The lowest BCUT2D eigenvalue weighted by atomic mass is 10.1. The highest BCUT2D eigenvalue weighted by molar-refractivity contribution is 5.18. The maximum absolute atomic E-state index is 9.99. The highest BCUT2D eigenvalue weighted by Crippen LogP contribution is 2.21. The van der Waals surface area contributed by atoms with Crippen molar-refractivity contribution in [2.75, 3.05) is 13.2 Å². The molecule has 0 spiro atoms. The Bertz CT molecular complexity index is 295. The third-order valence-electron chi connectivity index (χ3n) is 2.60. The first-order valence-electron chi connectivity index (χ1n) is 5.23. The van der Waals surface area contributed by atoms with Crippen molar-refractivity contribution in [1.82, 2.24) is 0 Å². The molecule has 0 bridgehead atoms. The smallest absolute Gasteiger partial charge is 0.105 e. The fourth-order valence-electron chi connectivity index (χ4n) is 1.59. The van der Waals surface area contributed by atoms with Crippen molar-refractivity contribution in [3.05, 3.63) is 35.9 Å². The Morgan fingerprint density at radius 1 is 1.33 bits per heavy atom. The molecule has 1 aromatic carbocycles. The van der Waals surface area contributed by atoms with Crippen molar-refractivity contribution in [1.29, 1.82) is 0 Å². The van der Waals surface area contributed by atoms with Crippen LogP contribution in [0.4, 0.5) is 0 Å². The van der Waals surface area contributed by atoms with Gasteiger partial charge in [-0.3, -0.25) is 0 Å². The van der Waals surface area contributed by atoms with Gasteiger partial charge in [0.1, 0.15) is 12.2 Å². The van der Waals surface area contributed by atoms with Gasteiger partial charge in [0.05, 0.1) is 19.3 Å². The van der Waals surface area contributed by atoms with Crippen LogP contribution in [0, 0.1) is 0 Å². The van der Waals surface area contributed by atoms with Gasteiger partial charge in [-0.05, 0) is 12.5 Å². The number of ether oxygens (including phenoxy) is 2. The van der Waals surface area contributed by atoms with Gasteiger partial charge in [0, 0.05) is 0 Å². The maximum atomic E-state index is 9.99. The summed E-state index contributed by atoms with van der Waals surface area (Å²) in [6, 6.07) is 9.57. The molecule has 1 heterocycles. The third kappa shape index (κ3) is 2.56. The number of hydrogen-bond donors (Lipinski definition) is 1. The number of hydrogen-bond acceptors (Lipinski definition) is 3. The second-order valence-electron chi connectivity index (χ2n) is 3.86. The Kier molecular flexibility index (Phi) is 3.36. The van der Waals surface area contributed by atoms with E-state index in [1.165, 1.54) is 0 Å². The molecular formula is C12H16O3. The third-order valence-corrected chi connectivity index (χ3v) is 2.60. The van der Waals surface area contributed by atoms with Crippen LogP contribution in [0.5, 0.6) is 0 Å². The molecule has 1 N–H and O–H groups in total. The van der Waals surface area contributed by atoms with Crippen molar-refractivity contribution in [3.8, 4) is 0 Å². The summed E-state index contributed by atoms with van der Waals surface area (Å²) in [5.41, 5.74) is 0.894. The molecular weight excluding hydrogens is 192 g/mol. The normalized spacial score (nSPS) is 20.7. The summed E-state index contributed by atoms with van der Waals surface area (Å²) in [6.45, 7) is 3.17. The number of rotatable bonds is 4. The summed E-state index contributed by atoms with van der Waals surface area (Å²) in [5, 5.41) is 9.99. The molecule has 0 aliphatic carbocycles. The Morgan fingerprint density at radius 2 is 2.00 bits per heavy atom. The Morgan fingerprint density at radius 3 is 2.53 bits per heavy atom. The van der Waals surface area contributed by atoms with Gasteiger partial charge in [0.25, 0.3) is 0 Å². The molecule has 0 saturated carbocycles. The van der Waals surface area contributed by atoms with E-state index in [1.54, 1.807) is 0 Å². The van der Waals surface area contributed by atoms with E-state index in [0.29, 0.717) is 13.2 Å². The minimum absolute atomic E-state index is 0.151. The fourth-order valence-corrected chi connectivity index (χ4v) is 1.59. The van der Waals surface area contributed by atoms with Crippen LogP contribution in [0.15, 0.2) is 30.3 Å². The zero-order valence-electron chi connectivity index (χ0n) is 8.80. The second kappa shape index (κ2) is 4.75. The minimum Gasteiger partial charge on any atom is -0.386 e. The lowest BCUT2D eigenvalue weighted by molar-refractivity contribution is -0.171. The van der Waals surface area contributed by atoms with Crippen molar-refractivity contribution in [2.45, 2.75) is 25.2 Å². The van der Waals surface area contributed by atoms with Crippen LogP contribution < -0.4 is 0 Å². The molecule has 1 saturated heterocycles. The van der Waals surface area contributed by atoms with Crippen LogP contribution in [0.1, 0.15) is 18.6 Å². The van der Waals surface area contributed by atoms with E-state index in [-0.39, 0.29) is 12.2 Å². The van der Waals surface area contributed by atoms with Crippen molar-refractivity contribution < 1.29 is 14.6 Å². The van der Waals surface area contributed by atoms with Gasteiger partial charge >= 0.3 is 0 Å². The lowest BCUT2D eigenvalue weighted by Gasteiger charge is -2.31. The molecule has 0 radical (unpaired) electrons. The quantitative estimate of drug-likeness (QED) is 0.815. The maximum Gasteiger partial charge on any atom is 0.105 e. The molecule has 1 fully saturated rings. The lowest BCUT2D eigenvalue weighted by Crippen LogP contribution is -2.39. The van der Waals surface area contributed by atoms with Crippen LogP contribution in [0.3, 0.4) is 0 Å². The predicted octanol–water partition coefficient (Wildman–Crippen LogP) is 1.52. The van der Waals surface area contributed by atoms with Gasteiger partial charge < -0.3 is 14.6 Å². The molecule has 2 atom stereocenters. The Labute approximate surface area is 89.6 Å². The van der Waals surface area contributed by atoms with Crippen molar-refractivity contribution in [3.63, 3.8) is 0 Å². The zero-order valence-corrected chi connectivity index (χ0v) is 8.80. The monoisotopic (exact) mass is 208 g/mol. The van der Waals surface area contributed by atoms with E-state index in [2.05, 4.69) is 0 Å². The SMILES string of the molecule is CC(OC1COC1)C(O)c1ccccc1. The summed E-state index contributed by atoms with van der Waals surface area (Å²) >= 11 is 0. The molecule has 2 rings (SSSR count). The number of aliphatic hydroxyl groups excluding tert-OH is 1. The van der Waals surface area contributed by atoms with Crippen LogP contribution in [0.25, 0.3) is 0 Å². The van der Waals surface area contributed by atoms with Crippen LogP contribution in [-0.2, 0) is 9.47 Å².